The van der Waals surface area contributed by atoms with Crippen LogP contribution in [0.1, 0.15) is 0 Å². The number of rotatable bonds is 6. The normalized spacial score (nSPS) is 11.2. The van der Waals surface area contributed by atoms with Gasteiger partial charge in [-0.2, -0.15) is 0 Å². The highest BCUT2D eigenvalue weighted by molar-refractivity contribution is 7.91. The smallest absolute Gasteiger partial charge is 0.206 e. The quantitative estimate of drug-likeness (QED) is 0.320. The molecule has 4 nitrogen and oxygen atoms in total. The van der Waals surface area contributed by atoms with E-state index in [0.717, 1.165) is 22.7 Å². The summed E-state index contributed by atoms with van der Waals surface area (Å²) in [6.45, 7) is 0. The summed E-state index contributed by atoms with van der Waals surface area (Å²) in [4.78, 5) is 0.453. The van der Waals surface area contributed by atoms with Crippen LogP contribution in [-0.2, 0) is 9.84 Å². The Kier molecular flexibility index (Phi) is 6.27. The molecule has 0 heterocycles. The minimum absolute atomic E-state index is 0.226. The van der Waals surface area contributed by atoms with Crippen molar-refractivity contribution < 1.29 is 8.42 Å². The second kappa shape index (κ2) is 9.09. The molecule has 0 aliphatic carbocycles. The molecule has 0 bridgehead atoms. The van der Waals surface area contributed by atoms with Crippen LogP contribution in [0.2, 0.25) is 0 Å². The monoisotopic (exact) mass is 464 g/mol. The van der Waals surface area contributed by atoms with Gasteiger partial charge in [-0.1, -0.05) is 62.0 Å². The number of nitrogens with zero attached hydrogens (tertiary/aromatic N) is 2. The molecule has 0 aliphatic rings. The molecule has 0 saturated heterocycles. The van der Waals surface area contributed by atoms with Gasteiger partial charge >= 0.3 is 0 Å². The first-order valence-corrected chi connectivity index (χ1v) is 11.8. The first-order valence-electron chi connectivity index (χ1n) is 9.50. The highest BCUT2D eigenvalue weighted by Crippen LogP contribution is 2.31. The van der Waals surface area contributed by atoms with Crippen molar-refractivity contribution in [3.63, 3.8) is 0 Å². The van der Waals surface area contributed by atoms with Crippen molar-refractivity contribution >= 4 is 58.2 Å². The molecule has 0 aromatic heterocycles. The second-order valence-corrected chi connectivity index (χ2v) is 9.54. The van der Waals surface area contributed by atoms with Gasteiger partial charge in [0.05, 0.1) is 32.5 Å². The summed E-state index contributed by atoms with van der Waals surface area (Å²) in [6, 6.07) is 32.6. The summed E-state index contributed by atoms with van der Waals surface area (Å²) in [6.07, 6.45) is 0. The van der Waals surface area contributed by atoms with E-state index in [1.165, 1.54) is 0 Å². The summed E-state index contributed by atoms with van der Waals surface area (Å²) in [7, 11) is -3.64. The lowest BCUT2D eigenvalue weighted by Gasteiger charge is -2.18. The van der Waals surface area contributed by atoms with Gasteiger partial charge in [0.15, 0.2) is 0 Å². The fourth-order valence-corrected chi connectivity index (χ4v) is 4.90. The molecule has 4 aromatic carbocycles. The Bertz CT molecular complexity index is 1150. The highest BCUT2D eigenvalue weighted by atomic mass is 32.2. The van der Waals surface area contributed by atoms with Crippen LogP contribution in [0.5, 0.6) is 0 Å². The van der Waals surface area contributed by atoms with Crippen LogP contribution in [0.3, 0.4) is 0 Å². The fourth-order valence-electron chi connectivity index (χ4n) is 3.11. The van der Waals surface area contributed by atoms with Crippen LogP contribution in [0.25, 0.3) is 0 Å². The Hall–Kier alpha value is -2.87. The minimum atomic E-state index is -3.64. The van der Waals surface area contributed by atoms with E-state index in [2.05, 4.69) is 25.6 Å². The number of anilines is 4. The van der Waals surface area contributed by atoms with Crippen LogP contribution >= 0.6 is 25.6 Å². The van der Waals surface area contributed by atoms with E-state index in [-0.39, 0.29) is 9.79 Å². The lowest BCUT2D eigenvalue weighted by atomic mass is 10.2. The highest BCUT2D eigenvalue weighted by Gasteiger charge is 2.18. The summed E-state index contributed by atoms with van der Waals surface area (Å²) in [5, 5.41) is 0. The van der Waals surface area contributed by atoms with Gasteiger partial charge in [-0.15, -0.1) is 0 Å². The molecule has 7 heteroatoms. The van der Waals surface area contributed by atoms with Gasteiger partial charge in [-0.3, -0.25) is 8.61 Å². The lowest BCUT2D eigenvalue weighted by molar-refractivity contribution is 0.596. The van der Waals surface area contributed by atoms with Crippen molar-refractivity contribution in [2.45, 2.75) is 9.79 Å². The van der Waals surface area contributed by atoms with E-state index < -0.39 is 9.84 Å². The number of para-hydroxylation sites is 2. The van der Waals surface area contributed by atoms with E-state index in [9.17, 15) is 8.42 Å². The Morgan fingerprint density at radius 2 is 0.742 bits per heavy atom. The van der Waals surface area contributed by atoms with Crippen molar-refractivity contribution in [3.05, 3.63) is 109 Å². The van der Waals surface area contributed by atoms with Gasteiger partial charge in [-0.25, -0.2) is 8.42 Å². The number of hydrogen-bond acceptors (Lipinski definition) is 6. The molecule has 4 rings (SSSR count). The molecule has 0 aliphatic heterocycles. The Morgan fingerprint density at radius 3 is 1.06 bits per heavy atom. The molecule has 156 valence electrons. The van der Waals surface area contributed by atoms with E-state index in [1.54, 1.807) is 57.1 Å². The van der Waals surface area contributed by atoms with Crippen molar-refractivity contribution in [2.24, 2.45) is 0 Å². The maximum Gasteiger partial charge on any atom is 0.206 e. The van der Waals surface area contributed by atoms with Gasteiger partial charge in [0, 0.05) is 0 Å². The van der Waals surface area contributed by atoms with E-state index in [4.69, 9.17) is 0 Å². The molecule has 0 atom stereocenters. The molecule has 0 radical (unpaired) electrons. The molecule has 0 fully saturated rings. The lowest BCUT2D eigenvalue weighted by Crippen LogP contribution is -2.05. The van der Waals surface area contributed by atoms with Crippen molar-refractivity contribution in [3.8, 4) is 0 Å². The Labute approximate surface area is 193 Å². The summed E-state index contributed by atoms with van der Waals surface area (Å²) in [5.74, 6) is 0. The third-order valence-corrected chi connectivity index (χ3v) is 7.49. The standard InChI is InChI=1S/C24H20N2O2S3/c27-31(28,23-15-11-21(12-16-23)25(29)19-7-3-1-4-8-19)24-17-13-22(14-18-24)26(30)20-9-5-2-6-10-20/h1-18,29-30H. The Morgan fingerprint density at radius 1 is 0.452 bits per heavy atom. The molecule has 0 unspecified atom stereocenters. The van der Waals surface area contributed by atoms with Gasteiger partial charge in [0.25, 0.3) is 0 Å². The molecule has 0 amide bonds. The van der Waals surface area contributed by atoms with E-state index in [1.807, 2.05) is 60.7 Å². The number of sulfone groups is 1. The largest absolute Gasteiger partial charge is 0.287 e. The predicted octanol–water partition coefficient (Wildman–Crippen LogP) is 6.49. The van der Waals surface area contributed by atoms with Gasteiger partial charge in [0.1, 0.15) is 0 Å². The molecule has 31 heavy (non-hydrogen) atoms. The van der Waals surface area contributed by atoms with Crippen LogP contribution in [0, 0.1) is 0 Å². The van der Waals surface area contributed by atoms with Crippen LogP contribution in [-0.4, -0.2) is 8.42 Å². The fraction of sp³-hybridized carbons (Fsp3) is 0. The van der Waals surface area contributed by atoms with Crippen molar-refractivity contribution in [1.82, 2.24) is 0 Å². The summed E-state index contributed by atoms with van der Waals surface area (Å²) in [5.41, 5.74) is 3.34. The maximum atomic E-state index is 13.1. The van der Waals surface area contributed by atoms with Crippen molar-refractivity contribution in [1.29, 1.82) is 0 Å². The number of benzene rings is 4. The minimum Gasteiger partial charge on any atom is -0.287 e. The van der Waals surface area contributed by atoms with E-state index >= 15 is 0 Å². The molecule has 0 spiro atoms. The Balaban J connectivity index is 1.56. The number of hydrogen-bond donors (Lipinski definition) is 2. The molecule has 4 aromatic rings. The second-order valence-electron chi connectivity index (χ2n) is 6.79. The van der Waals surface area contributed by atoms with Gasteiger partial charge in [-0.05, 0) is 72.8 Å². The third kappa shape index (κ3) is 4.58. The maximum absolute atomic E-state index is 13.1. The number of thiol groups is 2. The molecule has 0 N–H and O–H groups in total. The molecular formula is C24H20N2O2S3. The molecule has 0 saturated carbocycles. The summed E-state index contributed by atoms with van der Waals surface area (Å²) < 4.78 is 29.6. The first kappa shape index (κ1) is 21.4. The van der Waals surface area contributed by atoms with Crippen LogP contribution < -0.4 is 8.61 Å². The topological polar surface area (TPSA) is 40.6 Å². The summed E-state index contributed by atoms with van der Waals surface area (Å²) >= 11 is 9.04. The third-order valence-electron chi connectivity index (χ3n) is 4.78. The molecular weight excluding hydrogens is 444 g/mol. The van der Waals surface area contributed by atoms with E-state index in [0.29, 0.717) is 0 Å². The zero-order chi connectivity index (χ0) is 21.8. The average molecular weight is 465 g/mol. The average Bonchev–Trinajstić information content (AvgIpc) is 2.84. The van der Waals surface area contributed by atoms with Gasteiger partial charge in [0.2, 0.25) is 9.84 Å². The zero-order valence-corrected chi connectivity index (χ0v) is 19.0. The van der Waals surface area contributed by atoms with Crippen molar-refractivity contribution in [2.75, 3.05) is 8.61 Å². The predicted molar refractivity (Wildman–Crippen MR) is 133 cm³/mol. The zero-order valence-electron chi connectivity index (χ0n) is 16.4. The van der Waals surface area contributed by atoms with Crippen LogP contribution in [0.4, 0.5) is 22.7 Å². The SMILES string of the molecule is O=S(=O)(c1ccc(N(S)c2ccccc2)cc1)c1ccc(N(S)c2ccccc2)cc1. The first-order chi connectivity index (χ1) is 15.0. The van der Waals surface area contributed by atoms with Gasteiger partial charge < -0.3 is 0 Å². The van der Waals surface area contributed by atoms with Crippen LogP contribution in [0.15, 0.2) is 119 Å².